The first-order chi connectivity index (χ1) is 14.5. The minimum atomic E-state index is -4.84. The van der Waals surface area contributed by atoms with Gasteiger partial charge < -0.3 is 5.32 Å². The molecule has 3 aromatic rings. The average Bonchev–Trinajstić information content (AvgIpc) is 2.72. The zero-order valence-corrected chi connectivity index (χ0v) is 17.2. The van der Waals surface area contributed by atoms with Crippen LogP contribution in [0.4, 0.5) is 5.69 Å². The number of nitrogens with one attached hydrogen (secondary N) is 1. The van der Waals surface area contributed by atoms with Crippen LogP contribution < -0.4 is 5.32 Å². The van der Waals surface area contributed by atoms with Crippen LogP contribution in [-0.4, -0.2) is 38.1 Å². The molecule has 1 amide bonds. The lowest BCUT2D eigenvalue weighted by molar-refractivity contribution is 0.102. The monoisotopic (exact) mass is 461 g/mol. The zero-order chi connectivity index (χ0) is 22.8. The number of hydrogen-bond donors (Lipinski definition) is 3. The molecule has 0 spiro atoms. The number of carbonyl (C=O) groups excluding carboxylic acids is 2. The molecule has 0 heterocycles. The molecule has 3 rings (SSSR count). The quantitative estimate of drug-likeness (QED) is 0.374. The van der Waals surface area contributed by atoms with Gasteiger partial charge in [-0.25, -0.2) is 0 Å². The van der Waals surface area contributed by atoms with Crippen LogP contribution in [0.2, 0.25) is 0 Å². The highest BCUT2D eigenvalue weighted by Gasteiger charge is 2.23. The fraction of sp³-hybridized carbons (Fsp3) is 0. The summed E-state index contributed by atoms with van der Waals surface area (Å²) in [5, 5.41) is 2.46. The van der Waals surface area contributed by atoms with Gasteiger partial charge in [0.05, 0.1) is 0 Å². The topological polar surface area (TPSA) is 155 Å². The molecule has 160 valence electrons. The lowest BCUT2D eigenvalue weighted by atomic mass is 10.0. The number of benzene rings is 3. The van der Waals surface area contributed by atoms with Crippen LogP contribution in [0.5, 0.6) is 0 Å². The second-order valence-corrected chi connectivity index (χ2v) is 9.13. The first-order valence-corrected chi connectivity index (χ1v) is 11.4. The SMILES string of the molecule is O=Cc1ccc(C(=O)Nc2ccc(-c3ccccc3S(=O)(=O)O)c(S(=O)(=O)O)c2)cc1. The fourth-order valence-corrected chi connectivity index (χ4v) is 4.30. The molecule has 0 aliphatic heterocycles. The van der Waals surface area contributed by atoms with Crippen molar-refractivity contribution in [1.82, 2.24) is 0 Å². The number of rotatable bonds is 6. The van der Waals surface area contributed by atoms with Crippen molar-refractivity contribution in [2.24, 2.45) is 0 Å². The Bertz CT molecular complexity index is 1380. The van der Waals surface area contributed by atoms with Gasteiger partial charge in [-0.3, -0.25) is 18.7 Å². The van der Waals surface area contributed by atoms with Gasteiger partial charge in [0.2, 0.25) is 0 Å². The zero-order valence-electron chi connectivity index (χ0n) is 15.6. The Morgan fingerprint density at radius 3 is 1.94 bits per heavy atom. The minimum absolute atomic E-state index is 0.00479. The van der Waals surface area contributed by atoms with E-state index in [1.54, 1.807) is 0 Å². The van der Waals surface area contributed by atoms with Crippen molar-refractivity contribution in [3.63, 3.8) is 0 Å². The van der Waals surface area contributed by atoms with Gasteiger partial charge in [-0.15, -0.1) is 0 Å². The molecule has 0 saturated carbocycles. The summed E-state index contributed by atoms with van der Waals surface area (Å²) < 4.78 is 66.4. The third kappa shape index (κ3) is 5.03. The van der Waals surface area contributed by atoms with E-state index < -0.39 is 35.9 Å². The van der Waals surface area contributed by atoms with Crippen LogP contribution in [0.25, 0.3) is 11.1 Å². The van der Waals surface area contributed by atoms with Crippen molar-refractivity contribution < 1.29 is 35.5 Å². The molecular weight excluding hydrogens is 446 g/mol. The molecule has 0 atom stereocenters. The van der Waals surface area contributed by atoms with E-state index in [1.165, 1.54) is 54.6 Å². The van der Waals surface area contributed by atoms with Crippen molar-refractivity contribution in [3.8, 4) is 11.1 Å². The molecule has 0 aromatic heterocycles. The summed E-state index contributed by atoms with van der Waals surface area (Å²) in [7, 11) is -9.53. The van der Waals surface area contributed by atoms with E-state index in [0.717, 1.165) is 12.1 Å². The van der Waals surface area contributed by atoms with Crippen LogP contribution in [0.15, 0.2) is 76.5 Å². The van der Waals surface area contributed by atoms with Crippen molar-refractivity contribution in [3.05, 3.63) is 77.9 Å². The maximum atomic E-state index is 12.4. The third-order valence-corrected chi connectivity index (χ3v) is 6.09. The van der Waals surface area contributed by atoms with E-state index in [0.29, 0.717) is 11.8 Å². The van der Waals surface area contributed by atoms with Gasteiger partial charge in [-0.2, -0.15) is 16.8 Å². The molecular formula is C20H15NO8S2. The second kappa shape index (κ2) is 8.40. The van der Waals surface area contributed by atoms with Gasteiger partial charge in [-0.1, -0.05) is 36.4 Å². The van der Waals surface area contributed by atoms with Crippen molar-refractivity contribution in [2.45, 2.75) is 9.79 Å². The summed E-state index contributed by atoms with van der Waals surface area (Å²) in [6.45, 7) is 0. The predicted octanol–water partition coefficient (Wildman–Crippen LogP) is 2.91. The fourth-order valence-electron chi connectivity index (χ4n) is 2.87. The molecule has 3 aromatic carbocycles. The highest BCUT2D eigenvalue weighted by molar-refractivity contribution is 7.86. The Balaban J connectivity index is 2.06. The number of hydrogen-bond acceptors (Lipinski definition) is 6. The van der Waals surface area contributed by atoms with Crippen LogP contribution in [0.1, 0.15) is 20.7 Å². The summed E-state index contributed by atoms with van der Waals surface area (Å²) in [5.41, 5.74) is 0.223. The van der Waals surface area contributed by atoms with Gasteiger partial charge in [0, 0.05) is 27.9 Å². The molecule has 0 fully saturated rings. The van der Waals surface area contributed by atoms with E-state index >= 15 is 0 Å². The summed E-state index contributed by atoms with van der Waals surface area (Å²) in [6.07, 6.45) is 0.614. The van der Waals surface area contributed by atoms with Crippen LogP contribution in [-0.2, 0) is 20.2 Å². The Morgan fingerprint density at radius 2 is 1.35 bits per heavy atom. The number of amides is 1. The molecule has 0 bridgehead atoms. The molecule has 31 heavy (non-hydrogen) atoms. The average molecular weight is 461 g/mol. The summed E-state index contributed by atoms with van der Waals surface area (Å²) >= 11 is 0. The first kappa shape index (κ1) is 22.3. The van der Waals surface area contributed by atoms with Crippen molar-refractivity contribution >= 4 is 38.1 Å². The van der Waals surface area contributed by atoms with Crippen LogP contribution >= 0.6 is 0 Å². The molecule has 0 radical (unpaired) electrons. The normalized spacial score (nSPS) is 11.7. The van der Waals surface area contributed by atoms with Gasteiger partial charge in [-0.05, 0) is 30.3 Å². The van der Waals surface area contributed by atoms with Crippen molar-refractivity contribution in [1.29, 1.82) is 0 Å². The number of anilines is 1. The molecule has 11 heteroatoms. The molecule has 0 saturated heterocycles. The lowest BCUT2D eigenvalue weighted by Gasteiger charge is -2.13. The molecule has 3 N–H and O–H groups in total. The highest BCUT2D eigenvalue weighted by atomic mass is 32.2. The largest absolute Gasteiger partial charge is 0.322 e. The van der Waals surface area contributed by atoms with Gasteiger partial charge in [0.25, 0.3) is 26.1 Å². The third-order valence-electron chi connectivity index (χ3n) is 4.28. The highest BCUT2D eigenvalue weighted by Crippen LogP contribution is 2.34. The summed E-state index contributed by atoms with van der Waals surface area (Å²) in [6, 6.07) is 14.2. The molecule has 0 aliphatic carbocycles. The van der Waals surface area contributed by atoms with Crippen molar-refractivity contribution in [2.75, 3.05) is 5.32 Å². The Hall–Kier alpha value is -3.38. The van der Waals surface area contributed by atoms with Crippen LogP contribution in [0, 0.1) is 0 Å². The van der Waals surface area contributed by atoms with Gasteiger partial charge >= 0.3 is 0 Å². The van der Waals surface area contributed by atoms with E-state index in [-0.39, 0.29) is 22.4 Å². The van der Waals surface area contributed by atoms with E-state index in [2.05, 4.69) is 5.32 Å². The Morgan fingerprint density at radius 1 is 0.774 bits per heavy atom. The smallest absolute Gasteiger partial charge is 0.295 e. The summed E-state index contributed by atoms with van der Waals surface area (Å²) in [5.74, 6) is -0.607. The first-order valence-electron chi connectivity index (χ1n) is 8.56. The number of aldehydes is 1. The summed E-state index contributed by atoms with van der Waals surface area (Å²) in [4.78, 5) is 21.9. The van der Waals surface area contributed by atoms with Crippen LogP contribution in [0.3, 0.4) is 0 Å². The van der Waals surface area contributed by atoms with E-state index in [9.17, 15) is 35.5 Å². The second-order valence-electron chi connectivity index (χ2n) is 6.35. The lowest BCUT2D eigenvalue weighted by Crippen LogP contribution is -2.13. The predicted molar refractivity (Wildman–Crippen MR) is 111 cm³/mol. The maximum absolute atomic E-state index is 12.4. The maximum Gasteiger partial charge on any atom is 0.295 e. The van der Waals surface area contributed by atoms with Gasteiger partial charge in [0.1, 0.15) is 16.1 Å². The Labute approximate surface area is 177 Å². The molecule has 0 aliphatic rings. The number of carbonyl (C=O) groups is 2. The van der Waals surface area contributed by atoms with E-state index in [4.69, 9.17) is 0 Å². The standard InChI is InChI=1S/C20H15NO8S2/c22-12-13-5-7-14(8-6-13)20(23)21-15-9-10-17(19(11-15)31(27,28)29)16-3-1-2-4-18(16)30(24,25)26/h1-12H,(H,21,23)(H,24,25,26)(H,27,28,29). The molecule has 0 unspecified atom stereocenters. The van der Waals surface area contributed by atoms with Gasteiger partial charge in [0.15, 0.2) is 0 Å². The molecule has 9 nitrogen and oxygen atoms in total. The van der Waals surface area contributed by atoms with E-state index in [1.807, 2.05) is 0 Å². The minimum Gasteiger partial charge on any atom is -0.322 e. The Kier molecular flexibility index (Phi) is 6.04.